The van der Waals surface area contributed by atoms with Gasteiger partial charge in [-0.3, -0.25) is 0 Å². The molecule has 0 saturated carbocycles. The van der Waals surface area contributed by atoms with Gasteiger partial charge < -0.3 is 9.47 Å². The van der Waals surface area contributed by atoms with E-state index >= 15 is 0 Å². The molecule has 0 saturated heterocycles. The van der Waals surface area contributed by atoms with E-state index < -0.39 is 18.2 Å². The second kappa shape index (κ2) is 6.49. The summed E-state index contributed by atoms with van der Waals surface area (Å²) in [5.41, 5.74) is 0. The average molecular weight is 253 g/mol. The van der Waals surface area contributed by atoms with Gasteiger partial charge in [0, 0.05) is 0 Å². The molecular weight excluding hydrogens is 238 g/mol. The smallest absolute Gasteiger partial charge is 0.430 e. The molecule has 0 aromatic carbocycles. The monoisotopic (exact) mass is 253 g/mol. The Morgan fingerprint density at radius 2 is 1.94 bits per heavy atom. The third-order valence-electron chi connectivity index (χ3n) is 2.19. The maximum atomic E-state index is 11.8. The fourth-order valence-corrected chi connectivity index (χ4v) is 1.47. The van der Waals surface area contributed by atoms with Crippen molar-refractivity contribution in [1.29, 1.82) is 5.26 Å². The number of hydrogen-bond donors (Lipinski definition) is 0. The molecule has 0 radical (unpaired) electrons. The zero-order chi connectivity index (χ0) is 13.5. The first-order valence-electron chi connectivity index (χ1n) is 5.62. The molecule has 1 heterocycles. The lowest BCUT2D eigenvalue weighted by Crippen LogP contribution is -2.56. The standard InChI is InChI=1S/C11H15N3O4/c1-3-17-10(15)13-7-5-6-9(8-12)14(13)11(16)18-4-2/h5-6,9H,3-4,7H2,1-2H3. The van der Waals surface area contributed by atoms with Crippen molar-refractivity contribution >= 4 is 12.2 Å². The quantitative estimate of drug-likeness (QED) is 0.692. The molecule has 1 aliphatic rings. The molecular formula is C11H15N3O4. The molecule has 7 nitrogen and oxygen atoms in total. The van der Waals surface area contributed by atoms with Crippen LogP contribution in [-0.4, -0.2) is 48.0 Å². The van der Waals surface area contributed by atoms with Crippen molar-refractivity contribution in [3.05, 3.63) is 12.2 Å². The van der Waals surface area contributed by atoms with E-state index in [0.717, 1.165) is 10.0 Å². The first kappa shape index (κ1) is 13.8. The second-order valence-electron chi connectivity index (χ2n) is 3.33. The lowest BCUT2D eigenvalue weighted by Gasteiger charge is -2.36. The van der Waals surface area contributed by atoms with Crippen molar-refractivity contribution in [2.24, 2.45) is 0 Å². The third-order valence-corrected chi connectivity index (χ3v) is 2.19. The number of hydrogen-bond acceptors (Lipinski definition) is 5. The number of amides is 2. The minimum Gasteiger partial charge on any atom is -0.448 e. The normalized spacial score (nSPS) is 18.2. The van der Waals surface area contributed by atoms with Gasteiger partial charge in [-0.25, -0.2) is 14.6 Å². The number of nitrogens with zero attached hydrogens (tertiary/aromatic N) is 3. The number of hydrazine groups is 1. The first-order valence-corrected chi connectivity index (χ1v) is 5.62. The van der Waals surface area contributed by atoms with Crippen molar-refractivity contribution in [2.45, 2.75) is 19.9 Å². The molecule has 7 heteroatoms. The molecule has 2 amide bonds. The van der Waals surface area contributed by atoms with Crippen LogP contribution < -0.4 is 0 Å². The van der Waals surface area contributed by atoms with Crippen molar-refractivity contribution in [3.8, 4) is 6.07 Å². The highest BCUT2D eigenvalue weighted by Crippen LogP contribution is 2.15. The van der Waals surface area contributed by atoms with Gasteiger partial charge in [-0.05, 0) is 19.9 Å². The van der Waals surface area contributed by atoms with Crippen molar-refractivity contribution in [3.63, 3.8) is 0 Å². The Hall–Kier alpha value is -2.23. The molecule has 0 aromatic rings. The lowest BCUT2D eigenvalue weighted by atomic mass is 10.2. The van der Waals surface area contributed by atoms with E-state index in [9.17, 15) is 9.59 Å². The van der Waals surface area contributed by atoms with Crippen LogP contribution in [0.15, 0.2) is 12.2 Å². The Kier molecular flexibility index (Phi) is 4.99. The molecule has 0 aliphatic carbocycles. The topological polar surface area (TPSA) is 82.9 Å². The number of ether oxygens (including phenoxy) is 2. The fourth-order valence-electron chi connectivity index (χ4n) is 1.47. The van der Waals surface area contributed by atoms with Crippen LogP contribution in [0.25, 0.3) is 0 Å². The number of carbonyl (C=O) groups excluding carboxylic acids is 2. The van der Waals surface area contributed by atoms with Gasteiger partial charge in [0.15, 0.2) is 6.04 Å². The highest BCUT2D eigenvalue weighted by Gasteiger charge is 2.35. The minimum atomic E-state index is -0.873. The maximum Gasteiger partial charge on any atom is 0.430 e. The van der Waals surface area contributed by atoms with E-state index in [0.29, 0.717) is 0 Å². The lowest BCUT2D eigenvalue weighted by molar-refractivity contribution is -0.0232. The second-order valence-corrected chi connectivity index (χ2v) is 3.33. The zero-order valence-electron chi connectivity index (χ0n) is 10.3. The molecule has 1 atom stereocenters. The van der Waals surface area contributed by atoms with Crippen LogP contribution >= 0.6 is 0 Å². The number of carbonyl (C=O) groups is 2. The van der Waals surface area contributed by atoms with Crippen molar-refractivity contribution in [1.82, 2.24) is 10.0 Å². The van der Waals surface area contributed by atoms with E-state index in [1.165, 1.54) is 6.08 Å². The van der Waals surface area contributed by atoms with Crippen LogP contribution in [0.4, 0.5) is 9.59 Å². The van der Waals surface area contributed by atoms with Gasteiger partial charge in [0.1, 0.15) is 0 Å². The van der Waals surface area contributed by atoms with E-state index in [1.807, 2.05) is 6.07 Å². The number of rotatable bonds is 2. The summed E-state index contributed by atoms with van der Waals surface area (Å²) < 4.78 is 9.65. The predicted molar refractivity (Wildman–Crippen MR) is 61.1 cm³/mol. The molecule has 1 unspecified atom stereocenters. The first-order chi connectivity index (χ1) is 8.65. The van der Waals surface area contributed by atoms with E-state index in [-0.39, 0.29) is 19.8 Å². The molecule has 98 valence electrons. The fraction of sp³-hybridized carbons (Fsp3) is 0.545. The van der Waals surface area contributed by atoms with Gasteiger partial charge >= 0.3 is 12.2 Å². The molecule has 1 aliphatic heterocycles. The molecule has 18 heavy (non-hydrogen) atoms. The largest absolute Gasteiger partial charge is 0.448 e. The Bertz CT molecular complexity index is 388. The van der Waals surface area contributed by atoms with Gasteiger partial charge in [0.2, 0.25) is 0 Å². The Morgan fingerprint density at radius 1 is 1.33 bits per heavy atom. The van der Waals surface area contributed by atoms with Crippen molar-refractivity contribution < 1.29 is 19.1 Å². The highest BCUT2D eigenvalue weighted by atomic mass is 16.6. The summed E-state index contributed by atoms with van der Waals surface area (Å²) in [7, 11) is 0. The SMILES string of the molecule is CCOC(=O)N1CC=CC(C#N)N1C(=O)OCC. The third kappa shape index (κ3) is 2.91. The Morgan fingerprint density at radius 3 is 2.50 bits per heavy atom. The summed E-state index contributed by atoms with van der Waals surface area (Å²) in [5, 5.41) is 11.0. The van der Waals surface area contributed by atoms with E-state index in [2.05, 4.69) is 0 Å². The van der Waals surface area contributed by atoms with Crippen LogP contribution in [0.2, 0.25) is 0 Å². The Labute approximate surface area is 105 Å². The summed E-state index contributed by atoms with van der Waals surface area (Å²) in [6, 6.07) is 1.04. The Balaban J connectivity index is 2.93. The summed E-state index contributed by atoms with van der Waals surface area (Å²) in [4.78, 5) is 23.4. The molecule has 0 fully saturated rings. The van der Waals surface area contributed by atoms with Gasteiger partial charge in [-0.1, -0.05) is 6.08 Å². The van der Waals surface area contributed by atoms with Gasteiger partial charge in [0.05, 0.1) is 25.8 Å². The van der Waals surface area contributed by atoms with Crippen LogP contribution in [0, 0.1) is 11.3 Å². The molecule has 0 N–H and O–H groups in total. The van der Waals surface area contributed by atoms with E-state index in [4.69, 9.17) is 14.7 Å². The van der Waals surface area contributed by atoms with Gasteiger partial charge in [0.25, 0.3) is 0 Å². The van der Waals surface area contributed by atoms with Crippen LogP contribution in [-0.2, 0) is 9.47 Å². The van der Waals surface area contributed by atoms with Gasteiger partial charge in [-0.15, -0.1) is 0 Å². The molecule has 0 bridgehead atoms. The summed E-state index contributed by atoms with van der Waals surface area (Å²) in [5.74, 6) is 0. The number of nitriles is 1. The zero-order valence-corrected chi connectivity index (χ0v) is 10.3. The van der Waals surface area contributed by atoms with Crippen LogP contribution in [0.3, 0.4) is 0 Å². The minimum absolute atomic E-state index is 0.161. The molecule has 0 aromatic heterocycles. The molecule has 1 rings (SSSR count). The maximum absolute atomic E-state index is 11.8. The average Bonchev–Trinajstić information content (AvgIpc) is 2.38. The van der Waals surface area contributed by atoms with Crippen LogP contribution in [0.5, 0.6) is 0 Å². The molecule has 0 spiro atoms. The summed E-state index contributed by atoms with van der Waals surface area (Å²) in [6.45, 7) is 3.82. The summed E-state index contributed by atoms with van der Waals surface area (Å²) >= 11 is 0. The predicted octanol–water partition coefficient (Wildman–Crippen LogP) is 1.28. The van der Waals surface area contributed by atoms with E-state index in [1.54, 1.807) is 19.9 Å². The highest BCUT2D eigenvalue weighted by molar-refractivity contribution is 5.75. The van der Waals surface area contributed by atoms with Crippen LogP contribution in [0.1, 0.15) is 13.8 Å². The van der Waals surface area contributed by atoms with Gasteiger partial charge in [-0.2, -0.15) is 10.3 Å². The summed E-state index contributed by atoms with van der Waals surface area (Å²) in [6.07, 6.45) is 1.73. The van der Waals surface area contributed by atoms with Crippen molar-refractivity contribution in [2.75, 3.05) is 19.8 Å².